The van der Waals surface area contributed by atoms with Gasteiger partial charge < -0.3 is 0 Å². The van der Waals surface area contributed by atoms with Gasteiger partial charge in [0, 0.05) is 5.56 Å². The van der Waals surface area contributed by atoms with E-state index in [1.54, 1.807) is 0 Å². The number of hydrogen-bond donors (Lipinski definition) is 0. The Kier molecular flexibility index (Phi) is 5.05. The Morgan fingerprint density at radius 1 is 1.11 bits per heavy atom. The molecule has 0 saturated carbocycles. The molecule has 1 nitrogen and oxygen atoms in total. The standard InChI is InChI=1S/C18H25N/c1-3-13-18(4-2,19-15-8-9-16-19)14-12-17-10-6-5-7-11-17/h5-7,10-11H,3-4,8-9,13,15-16H2,1-2H3. The van der Waals surface area contributed by atoms with E-state index in [1.165, 1.54) is 38.8 Å². The molecular weight excluding hydrogens is 230 g/mol. The Hall–Kier alpha value is -1.26. The van der Waals surface area contributed by atoms with E-state index in [-0.39, 0.29) is 5.54 Å². The molecule has 0 bridgehead atoms. The quantitative estimate of drug-likeness (QED) is 0.733. The molecule has 0 aliphatic carbocycles. The molecule has 1 saturated heterocycles. The van der Waals surface area contributed by atoms with Crippen molar-refractivity contribution >= 4 is 0 Å². The van der Waals surface area contributed by atoms with E-state index >= 15 is 0 Å². The summed E-state index contributed by atoms with van der Waals surface area (Å²) in [6, 6.07) is 10.4. The largest absolute Gasteiger partial charge is 0.287 e. The van der Waals surface area contributed by atoms with E-state index in [1.807, 2.05) is 6.07 Å². The number of rotatable bonds is 4. The summed E-state index contributed by atoms with van der Waals surface area (Å²) in [5, 5.41) is 0. The molecule has 1 heteroatoms. The molecule has 1 atom stereocenters. The fraction of sp³-hybridized carbons (Fsp3) is 0.556. The normalized spacial score (nSPS) is 18.6. The van der Waals surface area contributed by atoms with Gasteiger partial charge in [-0.1, -0.05) is 50.3 Å². The molecule has 0 amide bonds. The molecule has 1 aromatic rings. The van der Waals surface area contributed by atoms with Gasteiger partial charge in [0.25, 0.3) is 0 Å². The first-order valence-electron chi connectivity index (χ1n) is 7.64. The lowest BCUT2D eigenvalue weighted by Gasteiger charge is -2.37. The second kappa shape index (κ2) is 6.78. The zero-order chi connectivity index (χ0) is 13.6. The molecule has 1 heterocycles. The van der Waals surface area contributed by atoms with Crippen LogP contribution in [0.2, 0.25) is 0 Å². The maximum Gasteiger partial charge on any atom is 0.0826 e. The van der Waals surface area contributed by atoms with Crippen LogP contribution in [0.5, 0.6) is 0 Å². The lowest BCUT2D eigenvalue weighted by molar-refractivity contribution is 0.158. The Bertz CT molecular complexity index is 434. The maximum absolute atomic E-state index is 3.62. The fourth-order valence-corrected chi connectivity index (χ4v) is 3.06. The van der Waals surface area contributed by atoms with Crippen LogP contribution in [-0.4, -0.2) is 23.5 Å². The van der Waals surface area contributed by atoms with Crippen LogP contribution in [-0.2, 0) is 0 Å². The van der Waals surface area contributed by atoms with Crippen molar-refractivity contribution in [1.82, 2.24) is 4.90 Å². The van der Waals surface area contributed by atoms with Crippen molar-refractivity contribution in [1.29, 1.82) is 0 Å². The predicted octanol–water partition coefficient (Wildman–Crippen LogP) is 4.08. The summed E-state index contributed by atoms with van der Waals surface area (Å²) < 4.78 is 0. The first kappa shape index (κ1) is 14.2. The van der Waals surface area contributed by atoms with Crippen molar-refractivity contribution in [2.45, 2.75) is 51.5 Å². The van der Waals surface area contributed by atoms with Crippen LogP contribution in [0.25, 0.3) is 0 Å². The van der Waals surface area contributed by atoms with E-state index in [0.29, 0.717) is 0 Å². The summed E-state index contributed by atoms with van der Waals surface area (Å²) in [7, 11) is 0. The summed E-state index contributed by atoms with van der Waals surface area (Å²) in [4.78, 5) is 2.62. The highest BCUT2D eigenvalue weighted by atomic mass is 15.2. The van der Waals surface area contributed by atoms with Gasteiger partial charge in [-0.2, -0.15) is 0 Å². The van der Waals surface area contributed by atoms with Crippen molar-refractivity contribution in [3.05, 3.63) is 35.9 Å². The van der Waals surface area contributed by atoms with Gasteiger partial charge in [-0.25, -0.2) is 0 Å². The molecule has 1 aliphatic heterocycles. The second-order valence-corrected chi connectivity index (χ2v) is 5.45. The summed E-state index contributed by atoms with van der Waals surface area (Å²) in [5.41, 5.74) is 1.23. The third kappa shape index (κ3) is 3.39. The van der Waals surface area contributed by atoms with Gasteiger partial charge in [0.05, 0.1) is 5.54 Å². The third-order valence-corrected chi connectivity index (χ3v) is 4.17. The van der Waals surface area contributed by atoms with Crippen LogP contribution < -0.4 is 0 Å². The van der Waals surface area contributed by atoms with Crippen molar-refractivity contribution < 1.29 is 0 Å². The summed E-state index contributed by atoms with van der Waals surface area (Å²) in [6.45, 7) is 6.99. The van der Waals surface area contributed by atoms with Crippen LogP contribution in [0, 0.1) is 11.8 Å². The number of likely N-dealkylation sites (tertiary alicyclic amines) is 1. The van der Waals surface area contributed by atoms with Gasteiger partial charge in [0.15, 0.2) is 0 Å². The third-order valence-electron chi connectivity index (χ3n) is 4.17. The Balaban J connectivity index is 2.24. The van der Waals surface area contributed by atoms with Crippen molar-refractivity contribution in [3.8, 4) is 11.8 Å². The van der Waals surface area contributed by atoms with E-state index in [4.69, 9.17) is 0 Å². The molecule has 102 valence electrons. The lowest BCUT2D eigenvalue weighted by atomic mass is 9.89. The monoisotopic (exact) mass is 255 g/mol. The minimum atomic E-state index is 0.0983. The van der Waals surface area contributed by atoms with Crippen LogP contribution >= 0.6 is 0 Å². The fourth-order valence-electron chi connectivity index (χ4n) is 3.06. The van der Waals surface area contributed by atoms with Gasteiger partial charge in [0.1, 0.15) is 0 Å². The SMILES string of the molecule is CCCC(C#Cc1ccccc1)(CC)N1CCCC1. The minimum Gasteiger partial charge on any atom is -0.287 e. The molecule has 0 aromatic heterocycles. The summed E-state index contributed by atoms with van der Waals surface area (Å²) in [6.07, 6.45) is 6.18. The zero-order valence-electron chi connectivity index (χ0n) is 12.3. The molecule has 0 radical (unpaired) electrons. The lowest BCUT2D eigenvalue weighted by Crippen LogP contribution is -2.45. The molecule has 1 aliphatic rings. The predicted molar refractivity (Wildman–Crippen MR) is 82.1 cm³/mol. The van der Waals surface area contributed by atoms with Crippen LogP contribution in [0.1, 0.15) is 51.5 Å². The molecule has 2 rings (SSSR count). The highest BCUT2D eigenvalue weighted by Gasteiger charge is 2.34. The van der Waals surface area contributed by atoms with Gasteiger partial charge in [-0.15, -0.1) is 0 Å². The zero-order valence-corrected chi connectivity index (χ0v) is 12.3. The first-order chi connectivity index (χ1) is 9.30. The van der Waals surface area contributed by atoms with Gasteiger partial charge in [0.2, 0.25) is 0 Å². The van der Waals surface area contributed by atoms with Crippen LogP contribution in [0.3, 0.4) is 0 Å². The number of hydrogen-bond acceptors (Lipinski definition) is 1. The maximum atomic E-state index is 3.62. The summed E-state index contributed by atoms with van der Waals surface area (Å²) >= 11 is 0. The molecule has 0 N–H and O–H groups in total. The first-order valence-corrected chi connectivity index (χ1v) is 7.64. The Morgan fingerprint density at radius 3 is 2.37 bits per heavy atom. The van der Waals surface area contributed by atoms with E-state index in [9.17, 15) is 0 Å². The Morgan fingerprint density at radius 2 is 1.79 bits per heavy atom. The van der Waals surface area contributed by atoms with Gasteiger partial charge in [-0.05, 0) is 50.9 Å². The smallest absolute Gasteiger partial charge is 0.0826 e. The number of nitrogens with zero attached hydrogens (tertiary/aromatic N) is 1. The second-order valence-electron chi connectivity index (χ2n) is 5.45. The van der Waals surface area contributed by atoms with E-state index in [2.05, 4.69) is 54.9 Å². The van der Waals surface area contributed by atoms with E-state index < -0.39 is 0 Å². The average molecular weight is 255 g/mol. The highest BCUT2D eigenvalue weighted by molar-refractivity contribution is 5.36. The van der Waals surface area contributed by atoms with Crippen LogP contribution in [0.15, 0.2) is 30.3 Å². The molecule has 19 heavy (non-hydrogen) atoms. The number of benzene rings is 1. The van der Waals surface area contributed by atoms with Gasteiger partial charge in [-0.3, -0.25) is 4.90 Å². The van der Waals surface area contributed by atoms with Crippen molar-refractivity contribution in [3.63, 3.8) is 0 Å². The molecule has 1 aromatic carbocycles. The average Bonchev–Trinajstić information content (AvgIpc) is 2.99. The molecule has 0 spiro atoms. The van der Waals surface area contributed by atoms with Crippen molar-refractivity contribution in [2.75, 3.05) is 13.1 Å². The van der Waals surface area contributed by atoms with E-state index in [0.717, 1.165) is 12.0 Å². The Labute approximate surface area is 118 Å². The highest BCUT2D eigenvalue weighted by Crippen LogP contribution is 2.29. The molecular formula is C18H25N. The molecule has 1 unspecified atom stereocenters. The van der Waals surface area contributed by atoms with Crippen molar-refractivity contribution in [2.24, 2.45) is 0 Å². The van der Waals surface area contributed by atoms with Gasteiger partial charge >= 0.3 is 0 Å². The summed E-state index contributed by atoms with van der Waals surface area (Å²) in [5.74, 6) is 7.02. The topological polar surface area (TPSA) is 3.24 Å². The molecule has 1 fully saturated rings. The minimum absolute atomic E-state index is 0.0983. The van der Waals surface area contributed by atoms with Crippen LogP contribution in [0.4, 0.5) is 0 Å².